The Morgan fingerprint density at radius 1 is 1.00 bits per heavy atom. The lowest BCUT2D eigenvalue weighted by Gasteiger charge is -2.31. The van der Waals surface area contributed by atoms with Crippen LogP contribution in [0.15, 0.2) is 60.7 Å². The van der Waals surface area contributed by atoms with Crippen molar-refractivity contribution in [3.8, 4) is 11.5 Å². The van der Waals surface area contributed by atoms with Gasteiger partial charge in [0.2, 0.25) is 0 Å². The Morgan fingerprint density at radius 3 is 2.43 bits per heavy atom. The summed E-state index contributed by atoms with van der Waals surface area (Å²) in [4.78, 5) is 30.8. The fourth-order valence-corrected chi connectivity index (χ4v) is 6.31. The Morgan fingerprint density at radius 2 is 1.73 bits per heavy atom. The van der Waals surface area contributed by atoms with Gasteiger partial charge in [0.15, 0.2) is 11.5 Å². The molecule has 0 fully saturated rings. The quantitative estimate of drug-likeness (QED) is 0.114. The number of carbonyl (C=O) groups excluding carboxylic acids is 2. The van der Waals surface area contributed by atoms with Gasteiger partial charge in [-0.25, -0.2) is 0 Å². The number of para-hydroxylation sites is 1. The first kappa shape index (κ1) is 40.4. The van der Waals surface area contributed by atoms with E-state index >= 15 is 0 Å². The zero-order valence-electron chi connectivity index (χ0n) is 29.3. The molecule has 3 aromatic rings. The normalized spacial score (nSPS) is 16.1. The first-order valence-corrected chi connectivity index (χ1v) is 17.3. The molecule has 0 aromatic heterocycles. The minimum Gasteiger partial charge on any atom is -0.492 e. The number of anilines is 1. The zero-order valence-corrected chi connectivity index (χ0v) is 31.6. The Labute approximate surface area is 307 Å². The summed E-state index contributed by atoms with van der Waals surface area (Å²) in [6, 6.07) is 19.0. The number of hydrogen-bond acceptors (Lipinski definition) is 7. The third-order valence-corrected chi connectivity index (χ3v) is 8.68. The van der Waals surface area contributed by atoms with E-state index in [4.69, 9.17) is 42.1 Å². The number of carbonyl (C=O) groups is 2. The summed E-state index contributed by atoms with van der Waals surface area (Å²) in [7, 11) is 3.69. The topological polar surface area (TPSA) is 77.5 Å². The lowest BCUT2D eigenvalue weighted by Crippen LogP contribution is -2.44. The van der Waals surface area contributed by atoms with Gasteiger partial charge in [-0.05, 0) is 81.1 Å². The van der Waals surface area contributed by atoms with Gasteiger partial charge in [0.25, 0.3) is 5.91 Å². The van der Waals surface area contributed by atoms with Gasteiger partial charge in [-0.2, -0.15) is 0 Å². The molecule has 0 bridgehead atoms. The highest BCUT2D eigenvalue weighted by Gasteiger charge is 2.40. The first-order valence-electron chi connectivity index (χ1n) is 16.6. The molecule has 8 nitrogen and oxygen atoms in total. The van der Waals surface area contributed by atoms with E-state index in [1.54, 1.807) is 25.0 Å². The summed E-state index contributed by atoms with van der Waals surface area (Å²) in [6.45, 7) is 10.8. The average molecular weight is 736 g/mol. The molecule has 3 aromatic carbocycles. The summed E-state index contributed by atoms with van der Waals surface area (Å²) in [6.07, 6.45) is 0.654. The Kier molecular flexibility index (Phi) is 15.5. The van der Waals surface area contributed by atoms with E-state index in [-0.39, 0.29) is 36.8 Å². The van der Waals surface area contributed by atoms with Gasteiger partial charge in [0.05, 0.1) is 26.7 Å². The number of amides is 1. The van der Waals surface area contributed by atoms with E-state index in [1.807, 2.05) is 48.5 Å². The van der Waals surface area contributed by atoms with Gasteiger partial charge < -0.3 is 28.7 Å². The number of hydrogen-bond donors (Lipinski definition) is 0. The van der Waals surface area contributed by atoms with Crippen LogP contribution in [0, 0.1) is 5.41 Å². The van der Waals surface area contributed by atoms with Crippen LogP contribution in [0.25, 0.3) is 0 Å². The number of rotatable bonds is 15. The number of nitrogens with zero attached hydrogens (tertiary/aromatic N) is 2. The number of halogens is 3. The van der Waals surface area contributed by atoms with Crippen LogP contribution in [0.2, 0.25) is 10.0 Å². The third-order valence-electron chi connectivity index (χ3n) is 8.08. The fraction of sp³-hybridized carbons (Fsp3) is 0.474. The highest BCUT2D eigenvalue weighted by Crippen LogP contribution is 2.45. The van der Waals surface area contributed by atoms with E-state index < -0.39 is 18.2 Å². The van der Waals surface area contributed by atoms with E-state index in [9.17, 15) is 9.59 Å². The van der Waals surface area contributed by atoms with Gasteiger partial charge in [-0.15, -0.1) is 12.4 Å². The molecule has 2 unspecified atom stereocenters. The van der Waals surface area contributed by atoms with Crippen molar-refractivity contribution in [2.24, 2.45) is 5.41 Å². The first-order chi connectivity index (χ1) is 22.9. The lowest BCUT2D eigenvalue weighted by molar-refractivity contribution is -0.151. The highest BCUT2D eigenvalue weighted by atomic mass is 35.5. The summed E-state index contributed by atoms with van der Waals surface area (Å²) < 4.78 is 24.0. The van der Waals surface area contributed by atoms with Gasteiger partial charge >= 0.3 is 5.97 Å². The summed E-state index contributed by atoms with van der Waals surface area (Å²) in [5.74, 6) is 0.235. The van der Waals surface area contributed by atoms with Crippen LogP contribution in [0.4, 0.5) is 5.69 Å². The van der Waals surface area contributed by atoms with Crippen molar-refractivity contribution < 1.29 is 28.5 Å². The van der Waals surface area contributed by atoms with Crippen LogP contribution in [0.3, 0.4) is 0 Å². The minimum absolute atomic E-state index is 0. The van der Waals surface area contributed by atoms with Crippen molar-refractivity contribution in [3.63, 3.8) is 0 Å². The van der Waals surface area contributed by atoms with Crippen molar-refractivity contribution in [1.82, 2.24) is 4.90 Å². The van der Waals surface area contributed by atoms with E-state index in [0.717, 1.165) is 37.4 Å². The molecule has 11 heteroatoms. The molecule has 0 N–H and O–H groups in total. The monoisotopic (exact) mass is 734 g/mol. The average Bonchev–Trinajstić information content (AvgIpc) is 3.13. The van der Waals surface area contributed by atoms with Crippen LogP contribution in [0.1, 0.15) is 69.8 Å². The van der Waals surface area contributed by atoms with Crippen molar-refractivity contribution in [2.75, 3.05) is 51.9 Å². The molecule has 49 heavy (non-hydrogen) atoms. The van der Waals surface area contributed by atoms with E-state index in [1.165, 1.54) is 5.56 Å². The maximum atomic E-state index is 14.1. The summed E-state index contributed by atoms with van der Waals surface area (Å²) >= 11 is 12.9. The molecule has 0 aliphatic carbocycles. The van der Waals surface area contributed by atoms with Gasteiger partial charge in [-0.3, -0.25) is 9.59 Å². The Balaban J connectivity index is 0.00000650. The molecule has 0 spiro atoms. The van der Waals surface area contributed by atoms with E-state index in [2.05, 4.69) is 38.8 Å². The van der Waals surface area contributed by atoms with Crippen LogP contribution >= 0.6 is 35.6 Å². The largest absolute Gasteiger partial charge is 0.492 e. The molecular weight excluding hydrogens is 687 g/mol. The van der Waals surface area contributed by atoms with Crippen LogP contribution in [-0.2, 0) is 25.5 Å². The molecule has 1 aliphatic heterocycles. The number of aryl methyl sites for hydroxylation is 1. The second-order valence-electron chi connectivity index (χ2n) is 13.3. The van der Waals surface area contributed by atoms with Gasteiger partial charge in [0.1, 0.15) is 12.2 Å². The van der Waals surface area contributed by atoms with Crippen LogP contribution < -0.4 is 14.4 Å². The van der Waals surface area contributed by atoms with Crippen LogP contribution in [-0.4, -0.2) is 69.9 Å². The smallest absolute Gasteiger partial charge is 0.308 e. The molecule has 2 atom stereocenters. The number of esters is 1. The van der Waals surface area contributed by atoms with Gasteiger partial charge in [-0.1, -0.05) is 74.3 Å². The van der Waals surface area contributed by atoms with E-state index in [0.29, 0.717) is 46.5 Å². The molecule has 1 heterocycles. The standard InChI is InChI=1S/C38H48Cl2N2O6.ClH/c1-7-46-34(43)24-33-37(44)42(25-38(2,3)4)31-19-18-27(39)23-29(31)35(48-33)28-15-10-17-32(36(28)45-6)47-22-12-21-41(5)20-11-14-26-13-8-9-16-30(26)40;/h8-10,13,15-19,23,33,35H,7,11-12,14,20-22,24-25H2,1-6H3;1H. The SMILES string of the molecule is CCOC(=O)CC1OC(c2cccc(OCCCN(C)CCCc3ccccc3Cl)c2OC)c2cc(Cl)ccc2N(CC(C)(C)C)C1=O.Cl. The molecule has 0 radical (unpaired) electrons. The molecule has 1 amide bonds. The molecule has 1 aliphatic rings. The Hall–Kier alpha value is -3.01. The second-order valence-corrected chi connectivity index (χ2v) is 14.1. The maximum Gasteiger partial charge on any atom is 0.308 e. The summed E-state index contributed by atoms with van der Waals surface area (Å²) in [5, 5.41) is 1.31. The highest BCUT2D eigenvalue weighted by molar-refractivity contribution is 6.31. The maximum absolute atomic E-state index is 14.1. The third kappa shape index (κ3) is 11.2. The predicted octanol–water partition coefficient (Wildman–Crippen LogP) is 8.58. The lowest BCUT2D eigenvalue weighted by atomic mass is 9.94. The van der Waals surface area contributed by atoms with Crippen molar-refractivity contribution in [2.45, 2.75) is 65.6 Å². The number of benzene rings is 3. The number of methoxy groups -OCH3 is 1. The second kappa shape index (κ2) is 18.8. The minimum atomic E-state index is -1.09. The molecule has 0 saturated heterocycles. The van der Waals surface area contributed by atoms with Crippen molar-refractivity contribution in [3.05, 3.63) is 87.4 Å². The summed E-state index contributed by atoms with van der Waals surface area (Å²) in [5.41, 5.74) is 2.95. The fourth-order valence-electron chi connectivity index (χ4n) is 5.89. The molecule has 4 rings (SSSR count). The van der Waals surface area contributed by atoms with Gasteiger partial charge in [0, 0.05) is 39.9 Å². The Bertz CT molecular complexity index is 1550. The number of ether oxygens (including phenoxy) is 4. The zero-order chi connectivity index (χ0) is 34.8. The van der Waals surface area contributed by atoms with Crippen LogP contribution in [0.5, 0.6) is 11.5 Å². The molecular formula is C38H49Cl3N2O6. The van der Waals surface area contributed by atoms with Crippen molar-refractivity contribution >= 4 is 53.2 Å². The molecule has 0 saturated carbocycles. The number of fused-ring (bicyclic) bond motifs is 1. The predicted molar refractivity (Wildman–Crippen MR) is 199 cm³/mol. The van der Waals surface area contributed by atoms with Crippen molar-refractivity contribution in [1.29, 1.82) is 0 Å². The molecule has 268 valence electrons.